The molecule has 0 saturated carbocycles. The first kappa shape index (κ1) is 13.9. The van der Waals surface area contributed by atoms with Crippen LogP contribution in [0.3, 0.4) is 0 Å². The first-order chi connectivity index (χ1) is 9.04. The Morgan fingerprint density at radius 2 is 2.26 bits per heavy atom. The van der Waals surface area contributed by atoms with E-state index in [9.17, 15) is 13.6 Å². The van der Waals surface area contributed by atoms with E-state index in [0.717, 1.165) is 37.7 Å². The summed E-state index contributed by atoms with van der Waals surface area (Å²) in [5.41, 5.74) is -0.102. The average molecular weight is 268 g/mol. The molecule has 0 aliphatic carbocycles. The van der Waals surface area contributed by atoms with Gasteiger partial charge in [0, 0.05) is 12.6 Å². The number of halogens is 2. The van der Waals surface area contributed by atoms with Gasteiger partial charge in [-0.05, 0) is 37.4 Å². The van der Waals surface area contributed by atoms with Crippen molar-refractivity contribution in [2.75, 3.05) is 25.0 Å². The molecule has 0 radical (unpaired) electrons. The summed E-state index contributed by atoms with van der Waals surface area (Å²) in [5, 5.41) is 2.42. The van der Waals surface area contributed by atoms with Gasteiger partial charge in [0.05, 0.1) is 12.2 Å². The molecule has 1 heterocycles. The number of nitrogens with one attached hydrogen (secondary N) is 1. The number of hydrogen-bond acceptors (Lipinski definition) is 2. The van der Waals surface area contributed by atoms with Crippen molar-refractivity contribution in [1.29, 1.82) is 0 Å². The van der Waals surface area contributed by atoms with Crippen molar-refractivity contribution in [3.8, 4) is 0 Å². The number of anilines is 1. The Kier molecular flexibility index (Phi) is 4.47. The van der Waals surface area contributed by atoms with Crippen LogP contribution in [-0.2, 0) is 4.79 Å². The lowest BCUT2D eigenvalue weighted by Gasteiger charge is -2.30. The van der Waals surface area contributed by atoms with Crippen molar-refractivity contribution in [1.82, 2.24) is 4.90 Å². The molecule has 3 nitrogen and oxygen atoms in total. The molecule has 5 heteroatoms. The summed E-state index contributed by atoms with van der Waals surface area (Å²) in [7, 11) is 0. The number of nitrogens with zero attached hydrogens (tertiary/aromatic N) is 1. The molecule has 19 heavy (non-hydrogen) atoms. The van der Waals surface area contributed by atoms with Crippen LogP contribution in [0.5, 0.6) is 0 Å². The summed E-state index contributed by atoms with van der Waals surface area (Å²) in [6.07, 6.45) is 2.25. The summed E-state index contributed by atoms with van der Waals surface area (Å²) in [4.78, 5) is 13.9. The standard InChI is InChI=1S/C14H18F2N2O/c1-10-3-2-6-18(8-10)9-14(19)17-13-7-11(15)4-5-12(13)16/h4-5,7,10H,2-3,6,8-9H2,1H3,(H,17,19)/t10-/m0/s1. The molecule has 1 atom stereocenters. The van der Waals surface area contributed by atoms with Crippen LogP contribution < -0.4 is 5.32 Å². The van der Waals surface area contributed by atoms with Crippen LogP contribution in [0.4, 0.5) is 14.5 Å². The molecule has 1 amide bonds. The van der Waals surface area contributed by atoms with Gasteiger partial charge < -0.3 is 5.32 Å². The molecule has 2 rings (SSSR count). The maximum Gasteiger partial charge on any atom is 0.238 e. The van der Waals surface area contributed by atoms with Crippen LogP contribution in [0.2, 0.25) is 0 Å². The average Bonchev–Trinajstić information content (AvgIpc) is 2.34. The van der Waals surface area contributed by atoms with E-state index < -0.39 is 11.6 Å². The third-order valence-corrected chi connectivity index (χ3v) is 3.31. The van der Waals surface area contributed by atoms with Crippen LogP contribution in [0.15, 0.2) is 18.2 Å². The number of amides is 1. The molecule has 1 aromatic carbocycles. The molecule has 0 spiro atoms. The van der Waals surface area contributed by atoms with Crippen molar-refractivity contribution in [2.24, 2.45) is 5.92 Å². The highest BCUT2D eigenvalue weighted by Gasteiger charge is 2.19. The second-order valence-corrected chi connectivity index (χ2v) is 5.15. The van der Waals surface area contributed by atoms with E-state index in [2.05, 4.69) is 12.2 Å². The maximum absolute atomic E-state index is 13.4. The Balaban J connectivity index is 1.92. The van der Waals surface area contributed by atoms with Crippen molar-refractivity contribution in [3.05, 3.63) is 29.8 Å². The highest BCUT2D eigenvalue weighted by molar-refractivity contribution is 5.92. The Morgan fingerprint density at radius 3 is 3.00 bits per heavy atom. The zero-order valence-electron chi connectivity index (χ0n) is 11.0. The third kappa shape index (κ3) is 3.99. The van der Waals surface area contributed by atoms with Crippen molar-refractivity contribution >= 4 is 11.6 Å². The Labute approximate surface area is 111 Å². The number of carbonyl (C=O) groups is 1. The van der Waals surface area contributed by atoms with Crippen molar-refractivity contribution in [2.45, 2.75) is 19.8 Å². The van der Waals surface area contributed by atoms with Gasteiger partial charge in [0.25, 0.3) is 0 Å². The number of likely N-dealkylation sites (tertiary alicyclic amines) is 1. The second-order valence-electron chi connectivity index (χ2n) is 5.15. The summed E-state index contributed by atoms with van der Waals surface area (Å²) in [6.45, 7) is 4.12. The fourth-order valence-electron chi connectivity index (χ4n) is 2.42. The number of benzene rings is 1. The predicted octanol–water partition coefficient (Wildman–Crippen LogP) is 2.64. The smallest absolute Gasteiger partial charge is 0.238 e. The van der Waals surface area contributed by atoms with Gasteiger partial charge in [-0.2, -0.15) is 0 Å². The lowest BCUT2D eigenvalue weighted by molar-refractivity contribution is -0.117. The molecule has 1 aromatic rings. The van der Waals surface area contributed by atoms with E-state index >= 15 is 0 Å². The van der Waals surface area contributed by atoms with Crippen LogP contribution >= 0.6 is 0 Å². The third-order valence-electron chi connectivity index (χ3n) is 3.31. The van der Waals surface area contributed by atoms with E-state index in [1.54, 1.807) is 0 Å². The topological polar surface area (TPSA) is 32.3 Å². The van der Waals surface area contributed by atoms with Gasteiger partial charge in [0.2, 0.25) is 5.91 Å². The van der Waals surface area contributed by atoms with Crippen molar-refractivity contribution in [3.63, 3.8) is 0 Å². The number of rotatable bonds is 3. The van der Waals surface area contributed by atoms with Gasteiger partial charge in [0.1, 0.15) is 11.6 Å². The molecule has 0 bridgehead atoms. The van der Waals surface area contributed by atoms with Gasteiger partial charge in [0.15, 0.2) is 0 Å². The minimum atomic E-state index is -0.623. The first-order valence-corrected chi connectivity index (χ1v) is 6.52. The minimum absolute atomic E-state index is 0.102. The van der Waals surface area contributed by atoms with E-state index in [4.69, 9.17) is 0 Å². The van der Waals surface area contributed by atoms with Gasteiger partial charge >= 0.3 is 0 Å². The monoisotopic (exact) mass is 268 g/mol. The van der Waals surface area contributed by atoms with E-state index in [0.29, 0.717) is 5.92 Å². The van der Waals surface area contributed by atoms with Gasteiger partial charge in [-0.1, -0.05) is 6.92 Å². The molecule has 1 aliphatic rings. The number of hydrogen-bond donors (Lipinski definition) is 1. The largest absolute Gasteiger partial charge is 0.322 e. The Hall–Kier alpha value is -1.49. The second kappa shape index (κ2) is 6.10. The molecular weight excluding hydrogens is 250 g/mol. The SMILES string of the molecule is C[C@H]1CCCN(CC(=O)Nc2cc(F)ccc2F)C1. The summed E-state index contributed by atoms with van der Waals surface area (Å²) < 4.78 is 26.4. The molecule has 104 valence electrons. The van der Waals surface area contributed by atoms with Crippen molar-refractivity contribution < 1.29 is 13.6 Å². The first-order valence-electron chi connectivity index (χ1n) is 6.52. The quantitative estimate of drug-likeness (QED) is 0.914. The van der Waals surface area contributed by atoms with E-state index in [-0.39, 0.29) is 18.1 Å². The molecule has 1 fully saturated rings. The summed E-state index contributed by atoms with van der Waals surface area (Å²) in [6, 6.07) is 3.03. The number of carbonyl (C=O) groups excluding carboxylic acids is 1. The zero-order chi connectivity index (χ0) is 13.8. The van der Waals surface area contributed by atoms with Gasteiger partial charge in [-0.15, -0.1) is 0 Å². The molecular formula is C14H18F2N2O. The molecule has 1 aliphatic heterocycles. The maximum atomic E-state index is 13.4. The summed E-state index contributed by atoms with van der Waals surface area (Å²) >= 11 is 0. The van der Waals surface area contributed by atoms with Crippen LogP contribution in [0.25, 0.3) is 0 Å². The van der Waals surface area contributed by atoms with Crippen LogP contribution in [0, 0.1) is 17.6 Å². The molecule has 1 saturated heterocycles. The van der Waals surface area contributed by atoms with Gasteiger partial charge in [-0.3, -0.25) is 9.69 Å². The predicted molar refractivity (Wildman–Crippen MR) is 69.8 cm³/mol. The fourth-order valence-corrected chi connectivity index (χ4v) is 2.42. The Bertz CT molecular complexity index is 465. The van der Waals surface area contributed by atoms with Crippen LogP contribution in [-0.4, -0.2) is 30.4 Å². The van der Waals surface area contributed by atoms with Gasteiger partial charge in [-0.25, -0.2) is 8.78 Å². The molecule has 0 aromatic heterocycles. The molecule has 1 N–H and O–H groups in total. The normalized spacial score (nSPS) is 20.3. The minimum Gasteiger partial charge on any atom is -0.322 e. The van der Waals surface area contributed by atoms with Crippen LogP contribution in [0.1, 0.15) is 19.8 Å². The summed E-state index contributed by atoms with van der Waals surface area (Å²) in [5.74, 6) is -0.920. The lowest BCUT2D eigenvalue weighted by Crippen LogP contribution is -2.39. The Morgan fingerprint density at radius 1 is 1.47 bits per heavy atom. The van der Waals surface area contributed by atoms with E-state index in [1.807, 2.05) is 4.90 Å². The zero-order valence-corrected chi connectivity index (χ0v) is 11.0. The highest BCUT2D eigenvalue weighted by Crippen LogP contribution is 2.17. The number of piperidine rings is 1. The lowest BCUT2D eigenvalue weighted by atomic mass is 10.0. The fraction of sp³-hybridized carbons (Fsp3) is 0.500. The molecule has 0 unspecified atom stereocenters. The van der Waals surface area contributed by atoms with E-state index in [1.165, 1.54) is 6.42 Å². The highest BCUT2D eigenvalue weighted by atomic mass is 19.1.